The van der Waals surface area contributed by atoms with Crippen LogP contribution in [-0.2, 0) is 15.8 Å². The van der Waals surface area contributed by atoms with E-state index < -0.39 is 10.0 Å². The van der Waals surface area contributed by atoms with Gasteiger partial charge in [-0.15, -0.1) is 0 Å². The van der Waals surface area contributed by atoms with Gasteiger partial charge in [0, 0.05) is 37.4 Å². The van der Waals surface area contributed by atoms with Crippen molar-refractivity contribution < 1.29 is 13.2 Å². The van der Waals surface area contributed by atoms with Crippen molar-refractivity contribution in [1.29, 1.82) is 0 Å². The summed E-state index contributed by atoms with van der Waals surface area (Å²) in [6.45, 7) is 1.64. The Labute approximate surface area is 154 Å². The number of sulfonamides is 1. The summed E-state index contributed by atoms with van der Waals surface area (Å²) in [5.74, 6) is -0.128. The van der Waals surface area contributed by atoms with Gasteiger partial charge in [0.15, 0.2) is 0 Å². The number of carbonyl (C=O) groups excluding carboxylic acids is 1. The van der Waals surface area contributed by atoms with Crippen LogP contribution in [0, 0.1) is 0 Å². The number of benzene rings is 2. The highest BCUT2D eigenvalue weighted by Gasteiger charge is 2.27. The molecule has 0 bridgehead atoms. The summed E-state index contributed by atoms with van der Waals surface area (Å²) in [4.78, 5) is 14.4. The van der Waals surface area contributed by atoms with Crippen molar-refractivity contribution in [3.8, 4) is 0 Å². The summed E-state index contributed by atoms with van der Waals surface area (Å²) in [6.07, 6.45) is 0.613. The van der Waals surface area contributed by atoms with Gasteiger partial charge in [-0.25, -0.2) is 8.42 Å². The normalized spacial score (nSPS) is 16.2. The summed E-state index contributed by atoms with van der Waals surface area (Å²) >= 11 is 0. The second-order valence-corrected chi connectivity index (χ2v) is 8.38. The lowest BCUT2D eigenvalue weighted by molar-refractivity contribution is 0.0764. The van der Waals surface area contributed by atoms with Gasteiger partial charge in [0.1, 0.15) is 0 Å². The van der Waals surface area contributed by atoms with Crippen molar-refractivity contribution in [3.63, 3.8) is 0 Å². The topological polar surface area (TPSA) is 83.7 Å². The van der Waals surface area contributed by atoms with Crippen LogP contribution in [0.1, 0.15) is 22.3 Å². The predicted octanol–water partition coefficient (Wildman–Crippen LogP) is 1.95. The van der Waals surface area contributed by atoms with Crippen molar-refractivity contribution in [2.45, 2.75) is 12.2 Å². The molecular formula is C19H23N3O3S. The van der Waals surface area contributed by atoms with Crippen LogP contribution in [-0.4, -0.2) is 49.7 Å². The molecule has 0 spiro atoms. The van der Waals surface area contributed by atoms with Crippen molar-refractivity contribution in [1.82, 2.24) is 9.21 Å². The molecule has 1 aliphatic heterocycles. The zero-order valence-corrected chi connectivity index (χ0v) is 15.4. The molecule has 0 aromatic heterocycles. The Bertz CT molecular complexity index is 869. The lowest BCUT2D eigenvalue weighted by atomic mass is 10.1. The maximum Gasteiger partial charge on any atom is 0.253 e. The van der Waals surface area contributed by atoms with Gasteiger partial charge in [-0.1, -0.05) is 36.4 Å². The van der Waals surface area contributed by atoms with E-state index in [0.717, 1.165) is 5.56 Å². The van der Waals surface area contributed by atoms with E-state index in [-0.39, 0.29) is 11.7 Å². The van der Waals surface area contributed by atoms with E-state index in [9.17, 15) is 13.2 Å². The quantitative estimate of drug-likeness (QED) is 0.830. The van der Waals surface area contributed by atoms with Gasteiger partial charge in [0.25, 0.3) is 5.91 Å². The molecule has 0 saturated carbocycles. The number of amides is 1. The lowest BCUT2D eigenvalue weighted by Crippen LogP contribution is -2.37. The van der Waals surface area contributed by atoms with Gasteiger partial charge in [0.05, 0.1) is 5.75 Å². The van der Waals surface area contributed by atoms with Gasteiger partial charge in [-0.3, -0.25) is 4.79 Å². The van der Waals surface area contributed by atoms with E-state index in [1.807, 2.05) is 30.3 Å². The largest absolute Gasteiger partial charge is 0.399 e. The molecule has 0 atom stereocenters. The predicted molar refractivity (Wildman–Crippen MR) is 102 cm³/mol. The molecule has 6 nitrogen and oxygen atoms in total. The van der Waals surface area contributed by atoms with Crippen LogP contribution >= 0.6 is 0 Å². The number of hydrogen-bond acceptors (Lipinski definition) is 4. The molecule has 1 aliphatic rings. The van der Waals surface area contributed by atoms with Gasteiger partial charge in [-0.2, -0.15) is 4.31 Å². The number of nitrogens with two attached hydrogens (primary N) is 1. The Morgan fingerprint density at radius 2 is 1.73 bits per heavy atom. The average molecular weight is 373 g/mol. The third-order valence-electron chi connectivity index (χ3n) is 4.46. The first-order valence-electron chi connectivity index (χ1n) is 8.62. The van der Waals surface area contributed by atoms with Crippen LogP contribution in [0.25, 0.3) is 0 Å². The fraction of sp³-hybridized carbons (Fsp3) is 0.316. The van der Waals surface area contributed by atoms with Crippen molar-refractivity contribution >= 4 is 21.6 Å². The van der Waals surface area contributed by atoms with Gasteiger partial charge >= 0.3 is 0 Å². The fourth-order valence-corrected chi connectivity index (χ4v) is 4.67. The molecule has 2 aromatic carbocycles. The lowest BCUT2D eigenvalue weighted by Gasteiger charge is -2.22. The van der Waals surface area contributed by atoms with E-state index >= 15 is 0 Å². The minimum atomic E-state index is -3.40. The molecule has 0 aliphatic carbocycles. The maximum absolute atomic E-state index is 12.7. The zero-order chi connectivity index (χ0) is 18.6. The van der Waals surface area contributed by atoms with Gasteiger partial charge in [0.2, 0.25) is 10.0 Å². The third-order valence-corrected chi connectivity index (χ3v) is 6.31. The van der Waals surface area contributed by atoms with E-state index in [1.54, 1.807) is 29.2 Å². The Morgan fingerprint density at radius 3 is 2.46 bits per heavy atom. The average Bonchev–Trinajstić information content (AvgIpc) is 2.88. The highest BCUT2D eigenvalue weighted by atomic mass is 32.2. The SMILES string of the molecule is Nc1cccc(C(=O)N2CCCN(S(=O)(=O)Cc3ccccc3)CC2)c1. The standard InChI is InChI=1S/C19H23N3O3S/c20-18-9-4-8-17(14-18)19(23)21-10-5-11-22(13-12-21)26(24,25)15-16-6-2-1-3-7-16/h1-4,6-9,14H,5,10-13,15,20H2. The maximum atomic E-state index is 12.7. The minimum Gasteiger partial charge on any atom is -0.399 e. The van der Waals surface area contributed by atoms with Crippen LogP contribution in [0.4, 0.5) is 5.69 Å². The molecule has 138 valence electrons. The smallest absolute Gasteiger partial charge is 0.253 e. The first-order valence-corrected chi connectivity index (χ1v) is 10.2. The monoisotopic (exact) mass is 373 g/mol. The number of nitrogen functional groups attached to an aromatic ring is 1. The van der Waals surface area contributed by atoms with Gasteiger partial charge < -0.3 is 10.6 Å². The number of hydrogen-bond donors (Lipinski definition) is 1. The van der Waals surface area contributed by atoms with Crippen molar-refractivity contribution in [2.24, 2.45) is 0 Å². The minimum absolute atomic E-state index is 0.0169. The zero-order valence-electron chi connectivity index (χ0n) is 14.5. The molecular weight excluding hydrogens is 350 g/mol. The second-order valence-electron chi connectivity index (χ2n) is 6.41. The molecule has 3 rings (SSSR count). The summed E-state index contributed by atoms with van der Waals surface area (Å²) in [7, 11) is -3.40. The van der Waals surface area contributed by atoms with E-state index in [4.69, 9.17) is 5.73 Å². The van der Waals surface area contributed by atoms with Crippen molar-refractivity contribution in [3.05, 3.63) is 65.7 Å². The number of nitrogens with zero attached hydrogens (tertiary/aromatic N) is 2. The van der Waals surface area contributed by atoms with Crippen LogP contribution in [0.5, 0.6) is 0 Å². The van der Waals surface area contributed by atoms with Crippen LogP contribution in [0.2, 0.25) is 0 Å². The summed E-state index contributed by atoms with van der Waals surface area (Å²) in [5.41, 5.74) is 7.59. The highest BCUT2D eigenvalue weighted by Crippen LogP contribution is 2.16. The van der Waals surface area contributed by atoms with E-state index in [0.29, 0.717) is 43.9 Å². The Balaban J connectivity index is 1.67. The van der Waals surface area contributed by atoms with E-state index in [1.165, 1.54) is 4.31 Å². The molecule has 0 radical (unpaired) electrons. The second kappa shape index (κ2) is 7.88. The fourth-order valence-electron chi connectivity index (χ4n) is 3.11. The molecule has 1 fully saturated rings. The number of anilines is 1. The van der Waals surface area contributed by atoms with Crippen LogP contribution in [0.15, 0.2) is 54.6 Å². The molecule has 2 N–H and O–H groups in total. The molecule has 2 aromatic rings. The third kappa shape index (κ3) is 4.42. The summed E-state index contributed by atoms with van der Waals surface area (Å²) in [5, 5.41) is 0. The summed E-state index contributed by atoms with van der Waals surface area (Å²) < 4.78 is 26.9. The molecule has 1 heterocycles. The first kappa shape index (κ1) is 18.4. The molecule has 7 heteroatoms. The van der Waals surface area contributed by atoms with Gasteiger partial charge in [-0.05, 0) is 30.2 Å². The Kier molecular flexibility index (Phi) is 5.58. The number of rotatable bonds is 4. The summed E-state index contributed by atoms with van der Waals surface area (Å²) in [6, 6.07) is 16.0. The van der Waals surface area contributed by atoms with Crippen molar-refractivity contribution in [2.75, 3.05) is 31.9 Å². The Morgan fingerprint density at radius 1 is 0.962 bits per heavy atom. The first-order chi connectivity index (χ1) is 12.5. The highest BCUT2D eigenvalue weighted by molar-refractivity contribution is 7.88. The van der Waals surface area contributed by atoms with E-state index in [2.05, 4.69) is 0 Å². The molecule has 1 saturated heterocycles. The molecule has 0 unspecified atom stereocenters. The molecule has 1 amide bonds. The molecule has 26 heavy (non-hydrogen) atoms. The van der Waals surface area contributed by atoms with Crippen LogP contribution < -0.4 is 5.73 Å². The number of carbonyl (C=O) groups is 1. The Hall–Kier alpha value is -2.38. The van der Waals surface area contributed by atoms with Crippen LogP contribution in [0.3, 0.4) is 0 Å².